The lowest BCUT2D eigenvalue weighted by molar-refractivity contribution is 0.0936. The Hall–Kier alpha value is -1.09. The van der Waals surface area contributed by atoms with Gasteiger partial charge in [0.2, 0.25) is 0 Å². The van der Waals surface area contributed by atoms with Crippen molar-refractivity contribution >= 4 is 17.5 Å². The van der Waals surface area contributed by atoms with Crippen LogP contribution in [0.2, 0.25) is 0 Å². The number of carbonyl (C=O) groups is 1. The van der Waals surface area contributed by atoms with Gasteiger partial charge in [-0.1, -0.05) is 13.8 Å². The maximum Gasteiger partial charge on any atom is 0.251 e. The van der Waals surface area contributed by atoms with Crippen molar-refractivity contribution in [3.63, 3.8) is 0 Å². The van der Waals surface area contributed by atoms with Crippen LogP contribution in [0.25, 0.3) is 0 Å². The standard InChI is InChI=1S/C14H19ClFNO/c1-9(2)6-12(8-15)17-14(18)13-5-4-11(16)7-10(13)3/h4-5,7,9,12H,6,8H2,1-3H3,(H,17,18). The lowest BCUT2D eigenvalue weighted by atomic mass is 10.0. The van der Waals surface area contributed by atoms with E-state index < -0.39 is 0 Å². The van der Waals surface area contributed by atoms with Crippen LogP contribution in [0.15, 0.2) is 18.2 Å². The lowest BCUT2D eigenvalue weighted by Gasteiger charge is -2.18. The van der Waals surface area contributed by atoms with Crippen molar-refractivity contribution in [2.24, 2.45) is 5.92 Å². The molecule has 1 amide bonds. The second-order valence-electron chi connectivity index (χ2n) is 4.91. The Morgan fingerprint density at radius 1 is 1.44 bits per heavy atom. The largest absolute Gasteiger partial charge is 0.348 e. The molecule has 0 radical (unpaired) electrons. The number of hydrogen-bond acceptors (Lipinski definition) is 1. The summed E-state index contributed by atoms with van der Waals surface area (Å²) in [6.45, 7) is 5.87. The number of aryl methyl sites for hydroxylation is 1. The van der Waals surface area contributed by atoms with Gasteiger partial charge in [-0.05, 0) is 43.0 Å². The number of alkyl halides is 1. The van der Waals surface area contributed by atoms with Gasteiger partial charge >= 0.3 is 0 Å². The maximum absolute atomic E-state index is 13.0. The van der Waals surface area contributed by atoms with Crippen LogP contribution in [0.4, 0.5) is 4.39 Å². The minimum atomic E-state index is -0.333. The molecule has 0 aliphatic rings. The molecule has 4 heteroatoms. The maximum atomic E-state index is 13.0. The Morgan fingerprint density at radius 2 is 2.11 bits per heavy atom. The van der Waals surface area contributed by atoms with Crippen LogP contribution in [0.3, 0.4) is 0 Å². The van der Waals surface area contributed by atoms with Gasteiger partial charge in [0.1, 0.15) is 5.82 Å². The van der Waals surface area contributed by atoms with Gasteiger partial charge in [0.05, 0.1) is 0 Å². The fourth-order valence-electron chi connectivity index (χ4n) is 1.87. The number of carbonyl (C=O) groups excluding carboxylic acids is 1. The van der Waals surface area contributed by atoms with Crippen LogP contribution >= 0.6 is 11.6 Å². The highest BCUT2D eigenvalue weighted by atomic mass is 35.5. The first-order chi connectivity index (χ1) is 8.43. The molecule has 1 N–H and O–H groups in total. The van der Waals surface area contributed by atoms with Crippen LogP contribution < -0.4 is 5.32 Å². The zero-order valence-electron chi connectivity index (χ0n) is 11.0. The van der Waals surface area contributed by atoms with E-state index in [4.69, 9.17) is 11.6 Å². The van der Waals surface area contributed by atoms with Crippen molar-refractivity contribution in [1.29, 1.82) is 0 Å². The van der Waals surface area contributed by atoms with Gasteiger partial charge in [-0.3, -0.25) is 4.79 Å². The van der Waals surface area contributed by atoms with Gasteiger partial charge in [-0.2, -0.15) is 0 Å². The van der Waals surface area contributed by atoms with Gasteiger partial charge in [0.15, 0.2) is 0 Å². The Morgan fingerprint density at radius 3 is 2.61 bits per heavy atom. The van der Waals surface area contributed by atoms with E-state index in [0.717, 1.165) is 6.42 Å². The fraction of sp³-hybridized carbons (Fsp3) is 0.500. The van der Waals surface area contributed by atoms with Gasteiger partial charge in [-0.25, -0.2) is 4.39 Å². The van der Waals surface area contributed by atoms with E-state index in [0.29, 0.717) is 22.9 Å². The second kappa shape index (κ2) is 6.74. The summed E-state index contributed by atoms with van der Waals surface area (Å²) >= 11 is 5.83. The molecule has 1 aromatic rings. The number of benzene rings is 1. The Labute approximate surface area is 113 Å². The van der Waals surface area contributed by atoms with Gasteiger partial charge in [-0.15, -0.1) is 11.6 Å². The smallest absolute Gasteiger partial charge is 0.251 e. The molecule has 0 heterocycles. The van der Waals surface area contributed by atoms with Crippen molar-refractivity contribution in [3.05, 3.63) is 35.1 Å². The summed E-state index contributed by atoms with van der Waals surface area (Å²) in [5, 5.41) is 2.88. The van der Waals surface area contributed by atoms with Gasteiger partial charge < -0.3 is 5.32 Å². The van der Waals surface area contributed by atoms with Crippen molar-refractivity contribution in [2.45, 2.75) is 33.2 Å². The first-order valence-electron chi connectivity index (χ1n) is 6.07. The van der Waals surface area contributed by atoms with Crippen LogP contribution in [0.1, 0.15) is 36.2 Å². The quantitative estimate of drug-likeness (QED) is 0.816. The summed E-state index contributed by atoms with van der Waals surface area (Å²) in [6, 6.07) is 4.09. The summed E-state index contributed by atoms with van der Waals surface area (Å²) in [5.41, 5.74) is 1.13. The highest BCUT2D eigenvalue weighted by Gasteiger charge is 2.15. The normalized spacial score (nSPS) is 12.6. The molecular formula is C14H19ClFNO. The van der Waals surface area contributed by atoms with E-state index in [2.05, 4.69) is 19.2 Å². The highest BCUT2D eigenvalue weighted by Crippen LogP contribution is 2.12. The molecule has 0 saturated carbocycles. The first kappa shape index (κ1) is 15.0. The molecule has 2 nitrogen and oxygen atoms in total. The van der Waals surface area contributed by atoms with E-state index in [1.165, 1.54) is 18.2 Å². The van der Waals surface area contributed by atoms with Gasteiger partial charge in [0.25, 0.3) is 5.91 Å². The molecule has 100 valence electrons. The van der Waals surface area contributed by atoms with Crippen molar-refractivity contribution in [1.82, 2.24) is 5.32 Å². The monoisotopic (exact) mass is 271 g/mol. The third kappa shape index (κ3) is 4.30. The minimum absolute atomic E-state index is 0.0522. The van der Waals surface area contributed by atoms with Crippen LogP contribution in [-0.2, 0) is 0 Å². The predicted octanol–water partition coefficient (Wildman–Crippen LogP) is 3.52. The number of halogens is 2. The van der Waals surface area contributed by atoms with Crippen LogP contribution in [0.5, 0.6) is 0 Å². The second-order valence-corrected chi connectivity index (χ2v) is 5.22. The molecule has 0 fully saturated rings. The number of rotatable bonds is 5. The van der Waals surface area contributed by atoms with E-state index in [9.17, 15) is 9.18 Å². The number of amides is 1. The minimum Gasteiger partial charge on any atom is -0.348 e. The topological polar surface area (TPSA) is 29.1 Å². The van der Waals surface area contributed by atoms with E-state index in [1.807, 2.05) is 0 Å². The third-order valence-electron chi connectivity index (χ3n) is 2.71. The molecule has 0 spiro atoms. The molecule has 0 aliphatic heterocycles. The lowest BCUT2D eigenvalue weighted by Crippen LogP contribution is -2.37. The summed E-state index contributed by atoms with van der Waals surface area (Å²) in [4.78, 5) is 12.0. The SMILES string of the molecule is Cc1cc(F)ccc1C(=O)NC(CCl)CC(C)C. The van der Waals surface area contributed by atoms with E-state index >= 15 is 0 Å². The Kier molecular flexibility index (Phi) is 5.60. The van der Waals surface area contributed by atoms with Crippen molar-refractivity contribution in [2.75, 3.05) is 5.88 Å². The van der Waals surface area contributed by atoms with Crippen LogP contribution in [-0.4, -0.2) is 17.8 Å². The number of hydrogen-bond donors (Lipinski definition) is 1. The average molecular weight is 272 g/mol. The summed E-state index contributed by atoms with van der Waals surface area (Å²) < 4.78 is 13.0. The molecule has 0 bridgehead atoms. The highest BCUT2D eigenvalue weighted by molar-refractivity contribution is 6.18. The zero-order valence-corrected chi connectivity index (χ0v) is 11.7. The number of nitrogens with one attached hydrogen (secondary N) is 1. The molecule has 1 atom stereocenters. The summed E-state index contributed by atoms with van der Waals surface area (Å²) in [6.07, 6.45) is 0.829. The molecule has 0 saturated heterocycles. The molecule has 1 aromatic carbocycles. The van der Waals surface area contributed by atoms with Gasteiger partial charge in [0, 0.05) is 17.5 Å². The summed E-state index contributed by atoms with van der Waals surface area (Å²) in [7, 11) is 0. The molecule has 18 heavy (non-hydrogen) atoms. The molecule has 1 unspecified atom stereocenters. The summed E-state index contributed by atoms with van der Waals surface area (Å²) in [5.74, 6) is 0.312. The molecular weight excluding hydrogens is 253 g/mol. The van der Waals surface area contributed by atoms with Crippen molar-refractivity contribution in [3.8, 4) is 0 Å². The van der Waals surface area contributed by atoms with E-state index in [1.54, 1.807) is 6.92 Å². The third-order valence-corrected chi connectivity index (χ3v) is 3.08. The molecule has 0 aromatic heterocycles. The Bertz CT molecular complexity index is 420. The zero-order chi connectivity index (χ0) is 13.7. The molecule has 0 aliphatic carbocycles. The van der Waals surface area contributed by atoms with Crippen molar-refractivity contribution < 1.29 is 9.18 Å². The first-order valence-corrected chi connectivity index (χ1v) is 6.60. The fourth-order valence-corrected chi connectivity index (χ4v) is 2.08. The average Bonchev–Trinajstić information content (AvgIpc) is 2.27. The molecule has 1 rings (SSSR count). The van der Waals surface area contributed by atoms with E-state index in [-0.39, 0.29) is 17.8 Å². The predicted molar refractivity (Wildman–Crippen MR) is 72.6 cm³/mol. The van der Waals surface area contributed by atoms with Crippen LogP contribution in [0, 0.1) is 18.7 Å². The Balaban J connectivity index is 2.74.